The highest BCUT2D eigenvalue weighted by Gasteiger charge is 2.76. The van der Waals surface area contributed by atoms with Gasteiger partial charge in [-0.1, -0.05) is 53.3 Å². The second-order valence-corrected chi connectivity index (χ2v) is 18.9. The number of H-pyrrole nitrogens is 2. The van der Waals surface area contributed by atoms with Crippen LogP contribution in [0.5, 0.6) is 0 Å². The molecule has 3 aromatic rings. The summed E-state index contributed by atoms with van der Waals surface area (Å²) in [6.07, 6.45) is 16.6. The van der Waals surface area contributed by atoms with Gasteiger partial charge in [0.25, 0.3) is 0 Å². The lowest BCUT2D eigenvalue weighted by Gasteiger charge is -2.63. The number of rotatable bonds is 4. The number of aliphatic hydroxyl groups excluding tert-OH is 1. The Morgan fingerprint density at radius 2 is 1.87 bits per heavy atom. The molecule has 2 aromatic heterocycles. The van der Waals surface area contributed by atoms with Crippen molar-refractivity contribution < 1.29 is 15.3 Å². The fourth-order valence-electron chi connectivity index (χ4n) is 15.3. The number of para-hydroxylation sites is 1. The Hall–Kier alpha value is -3.77. The fourth-order valence-corrected chi connectivity index (χ4v) is 15.3. The van der Waals surface area contributed by atoms with Gasteiger partial charge < -0.3 is 36.3 Å². The molecule has 1 aromatic carbocycles. The Morgan fingerprint density at radius 1 is 1.00 bits per heavy atom. The van der Waals surface area contributed by atoms with E-state index >= 15 is 0 Å². The van der Waals surface area contributed by atoms with Crippen LogP contribution in [-0.4, -0.2) is 61.6 Å². The van der Waals surface area contributed by atoms with Gasteiger partial charge in [-0.15, -0.1) is 0 Å². The lowest BCUT2D eigenvalue weighted by atomic mass is 9.40. The van der Waals surface area contributed by atoms with E-state index in [1.165, 1.54) is 36.0 Å². The van der Waals surface area contributed by atoms with Crippen molar-refractivity contribution in [1.82, 2.24) is 15.3 Å². The van der Waals surface area contributed by atoms with E-state index in [-0.39, 0.29) is 53.3 Å². The van der Waals surface area contributed by atoms with Gasteiger partial charge in [0.2, 0.25) is 0 Å². The minimum absolute atomic E-state index is 0.0224. The van der Waals surface area contributed by atoms with E-state index in [1.54, 1.807) is 18.2 Å². The minimum atomic E-state index is -1.44. The average molecular weight is 726 g/mol. The first-order chi connectivity index (χ1) is 26.2. The zero-order chi connectivity index (χ0) is 36.6. The maximum atomic E-state index is 13.3. The summed E-state index contributed by atoms with van der Waals surface area (Å²) in [5.74, 6) is 8.88. The van der Waals surface area contributed by atoms with E-state index in [1.807, 2.05) is 0 Å². The number of fused-ring (bicyclic) bond motifs is 3. The summed E-state index contributed by atoms with van der Waals surface area (Å²) in [5.41, 5.74) is 10.5. The van der Waals surface area contributed by atoms with E-state index in [4.69, 9.17) is 5.73 Å². The molecule has 8 heteroatoms. The summed E-state index contributed by atoms with van der Waals surface area (Å²) in [6, 6.07) is 15.0. The molecule has 8 aliphatic carbocycles. The predicted molar refractivity (Wildman–Crippen MR) is 210 cm³/mol. The van der Waals surface area contributed by atoms with Crippen molar-refractivity contribution in [3.8, 4) is 11.8 Å². The molecule has 5 fully saturated rings. The summed E-state index contributed by atoms with van der Waals surface area (Å²) in [4.78, 5) is 11.7. The Bertz CT molecular complexity index is 2120. The number of nitrogens with two attached hydrogens (primary N) is 1. The van der Waals surface area contributed by atoms with E-state index in [9.17, 15) is 15.3 Å². The number of guanidine groups is 1. The van der Waals surface area contributed by atoms with Crippen LogP contribution in [0.15, 0.2) is 77.0 Å². The van der Waals surface area contributed by atoms with Crippen LogP contribution in [0.4, 0.5) is 0 Å². The van der Waals surface area contributed by atoms with Crippen molar-refractivity contribution in [3.05, 3.63) is 83.3 Å². The number of aliphatic imine (C=N–C) groups is 1. The smallest absolute Gasteiger partial charge is 0.189 e. The van der Waals surface area contributed by atoms with Crippen LogP contribution >= 0.6 is 0 Å². The summed E-state index contributed by atoms with van der Waals surface area (Å²) in [5, 5.41) is 43.2. The highest BCUT2D eigenvalue weighted by atomic mass is 16.3. The first-order valence-electron chi connectivity index (χ1n) is 20.9. The molecule has 5 saturated carbocycles. The van der Waals surface area contributed by atoms with E-state index in [2.05, 4.69) is 92.9 Å². The number of benzene rings is 1. The predicted octanol–water partition coefficient (Wildman–Crippen LogP) is 6.09. The molecule has 8 aliphatic rings. The van der Waals surface area contributed by atoms with Crippen molar-refractivity contribution in [3.63, 3.8) is 0 Å². The molecule has 0 radical (unpaired) electrons. The van der Waals surface area contributed by atoms with Crippen molar-refractivity contribution in [2.45, 2.75) is 106 Å². The lowest BCUT2D eigenvalue weighted by molar-refractivity contribution is -0.134. The standard InChI is InChI=1S/C46H55N5O3/c1-48-42(47)51-29-11-10-28-24-43-18-16-27(23-43)31(39-9-5-19-49-39)12-13-32(43)36(21-30-20-26-6-2-3-8-38(26)50-30)46(28)34-7-4-17-44(53)33(34)14-15-35(46)41-37(44)22-40(52)45(41,54)25-29/h2-9,19-20,27-29,31,33-35,37,40-41,49-50,52-54H,12-18,21-25H2,1H3,(H3,47,48,51)/t27-,28+,29-,31-,33+,34-,35+,37-,40+,41-,43+,44-,45-,46-/m0/s1. The van der Waals surface area contributed by atoms with Crippen LogP contribution in [0.1, 0.15) is 87.9 Å². The summed E-state index contributed by atoms with van der Waals surface area (Å²) < 4.78 is 0. The topological polar surface area (TPSA) is 143 Å². The van der Waals surface area contributed by atoms with Crippen molar-refractivity contribution in [1.29, 1.82) is 0 Å². The summed E-state index contributed by atoms with van der Waals surface area (Å²) in [7, 11) is 1.67. The third-order valence-electron chi connectivity index (χ3n) is 17.1. The average Bonchev–Trinajstić information content (AvgIpc) is 3.94. The van der Waals surface area contributed by atoms with Gasteiger partial charge in [0, 0.05) is 60.2 Å². The van der Waals surface area contributed by atoms with Crippen LogP contribution in [0.25, 0.3) is 10.9 Å². The Balaban J connectivity index is 1.20. The van der Waals surface area contributed by atoms with Gasteiger partial charge >= 0.3 is 0 Å². The molecule has 282 valence electrons. The Morgan fingerprint density at radius 3 is 2.70 bits per heavy atom. The first kappa shape index (κ1) is 33.6. The SMILES string of the molecule is CN=C(N)N[C@H]1C#C[C@@H]2C[C@@]34CC[C@@H](C3)[C@@H](c3ccc[nH]3)CCC4=C(Cc3cc4ccccc4[nH]3)[C@@]23[C@@H]2CC[C@@H]4[C@@H]3C=CC[C@@]4(O)[C@H]3C[C@@H](O)[C@@](O)(C1)[C@@H]23. The molecular formula is C46H55N5O3. The number of nitrogens with one attached hydrogen (secondary N) is 3. The molecule has 0 amide bonds. The molecule has 8 nitrogen and oxygen atoms in total. The van der Waals surface area contributed by atoms with Crippen molar-refractivity contribution >= 4 is 16.9 Å². The van der Waals surface area contributed by atoms with Gasteiger partial charge in [-0.2, -0.15) is 0 Å². The van der Waals surface area contributed by atoms with Gasteiger partial charge in [-0.25, -0.2) is 0 Å². The molecule has 0 aliphatic heterocycles. The van der Waals surface area contributed by atoms with Gasteiger partial charge in [-0.3, -0.25) is 4.99 Å². The molecule has 2 spiro atoms. The fraction of sp³-hybridized carbons (Fsp3) is 0.587. The number of aliphatic hydroxyl groups is 3. The largest absolute Gasteiger partial charge is 0.390 e. The van der Waals surface area contributed by atoms with Crippen LogP contribution in [0.3, 0.4) is 0 Å². The van der Waals surface area contributed by atoms with Gasteiger partial charge in [0.05, 0.1) is 23.3 Å². The van der Waals surface area contributed by atoms with E-state index in [0.29, 0.717) is 24.7 Å². The highest BCUT2D eigenvalue weighted by Crippen LogP contribution is 2.77. The summed E-state index contributed by atoms with van der Waals surface area (Å²) >= 11 is 0. The third kappa shape index (κ3) is 4.35. The van der Waals surface area contributed by atoms with Crippen molar-refractivity contribution in [2.24, 2.45) is 63.0 Å². The molecule has 0 saturated heterocycles. The zero-order valence-electron chi connectivity index (χ0n) is 31.4. The first-order valence-corrected chi connectivity index (χ1v) is 20.9. The molecule has 14 atom stereocenters. The van der Waals surface area contributed by atoms with Crippen molar-refractivity contribution in [2.75, 3.05) is 7.05 Å². The van der Waals surface area contributed by atoms with Gasteiger partial charge in [0.1, 0.15) is 0 Å². The van der Waals surface area contributed by atoms with Crippen LogP contribution < -0.4 is 11.1 Å². The van der Waals surface area contributed by atoms with Crippen LogP contribution in [-0.2, 0) is 6.42 Å². The van der Waals surface area contributed by atoms with Gasteiger partial charge in [0.15, 0.2) is 5.96 Å². The Labute approximate surface area is 318 Å². The number of hydrogen-bond donors (Lipinski definition) is 7. The van der Waals surface area contributed by atoms with E-state index in [0.717, 1.165) is 44.0 Å². The molecule has 2 heterocycles. The molecule has 11 rings (SSSR count). The maximum absolute atomic E-state index is 13.3. The second-order valence-electron chi connectivity index (χ2n) is 18.9. The maximum Gasteiger partial charge on any atom is 0.189 e. The lowest BCUT2D eigenvalue weighted by Crippen LogP contribution is -2.60. The molecular weight excluding hydrogens is 671 g/mol. The highest BCUT2D eigenvalue weighted by molar-refractivity contribution is 5.80. The number of nitrogens with zero attached hydrogens (tertiary/aromatic N) is 1. The molecule has 0 unspecified atom stereocenters. The third-order valence-corrected chi connectivity index (χ3v) is 17.1. The van der Waals surface area contributed by atoms with Gasteiger partial charge in [-0.05, 0) is 135 Å². The van der Waals surface area contributed by atoms with Crippen LogP contribution in [0, 0.1) is 64.1 Å². The minimum Gasteiger partial charge on any atom is -0.390 e. The monoisotopic (exact) mass is 725 g/mol. The summed E-state index contributed by atoms with van der Waals surface area (Å²) in [6.45, 7) is 0. The van der Waals surface area contributed by atoms with Crippen LogP contribution in [0.2, 0.25) is 0 Å². The second kappa shape index (κ2) is 11.6. The van der Waals surface area contributed by atoms with E-state index < -0.39 is 28.8 Å². The quantitative estimate of drug-likeness (QED) is 0.0755. The molecule has 8 bridgehead atoms. The molecule has 54 heavy (non-hydrogen) atoms. The number of aromatic amines is 2. The number of hydrogen-bond acceptors (Lipinski definition) is 4. The number of allylic oxidation sites excluding steroid dienone is 3. The Kier molecular flexibility index (Phi) is 7.23. The number of aromatic nitrogens is 2. The molecule has 8 N–H and O–H groups in total. The normalized spacial score (nSPS) is 45.7. The zero-order valence-corrected chi connectivity index (χ0v) is 31.4.